The number of rotatable bonds is 7. The Labute approximate surface area is 221 Å². The number of hydrogen-bond acceptors (Lipinski definition) is 8. The number of likely N-dealkylation sites (N-methyl/N-ethyl adjacent to an activating group) is 1. The second kappa shape index (κ2) is 9.63. The fraction of sp³-hybridized carbons (Fsp3) is 0.296. The molecule has 0 amide bonds. The highest BCUT2D eigenvalue weighted by atomic mass is 32.2. The topological polar surface area (TPSA) is 119 Å². The molecule has 2 aliphatic rings. The minimum absolute atomic E-state index is 0.270. The molecule has 11 heteroatoms. The van der Waals surface area contributed by atoms with Gasteiger partial charge in [0.2, 0.25) is 16.0 Å². The van der Waals surface area contributed by atoms with Gasteiger partial charge in [-0.05, 0) is 68.4 Å². The van der Waals surface area contributed by atoms with Crippen LogP contribution in [0.25, 0.3) is 16.7 Å². The van der Waals surface area contributed by atoms with E-state index in [1.54, 1.807) is 24.4 Å². The quantitative estimate of drug-likeness (QED) is 0.373. The molecule has 2 aromatic carbocycles. The summed E-state index contributed by atoms with van der Waals surface area (Å²) < 4.78 is 29.5. The lowest BCUT2D eigenvalue weighted by molar-refractivity contribution is 0.313. The van der Waals surface area contributed by atoms with E-state index in [0.717, 1.165) is 37.3 Å². The van der Waals surface area contributed by atoms with E-state index in [2.05, 4.69) is 50.1 Å². The molecular weight excluding hydrogens is 500 g/mol. The van der Waals surface area contributed by atoms with E-state index >= 15 is 0 Å². The Morgan fingerprint density at radius 1 is 1.00 bits per heavy atom. The van der Waals surface area contributed by atoms with Crippen LogP contribution in [0.5, 0.6) is 0 Å². The van der Waals surface area contributed by atoms with Crippen molar-refractivity contribution in [2.24, 2.45) is 0 Å². The van der Waals surface area contributed by atoms with Crippen molar-refractivity contribution in [3.05, 3.63) is 66.5 Å². The lowest BCUT2D eigenvalue weighted by Gasteiger charge is -2.34. The van der Waals surface area contributed by atoms with Crippen LogP contribution in [0.3, 0.4) is 0 Å². The van der Waals surface area contributed by atoms with Crippen molar-refractivity contribution >= 4 is 44.1 Å². The van der Waals surface area contributed by atoms with E-state index in [4.69, 9.17) is 4.98 Å². The number of nitriles is 1. The molecule has 10 nitrogen and oxygen atoms in total. The number of benzene rings is 2. The average Bonchev–Trinajstić information content (AvgIpc) is 3.71. The summed E-state index contributed by atoms with van der Waals surface area (Å²) in [5.41, 5.74) is 3.97. The number of hydrogen-bond donors (Lipinski definition) is 2. The largest absolute Gasteiger partial charge is 0.369 e. The van der Waals surface area contributed by atoms with Crippen molar-refractivity contribution in [1.29, 1.82) is 5.26 Å². The molecule has 1 saturated heterocycles. The van der Waals surface area contributed by atoms with Crippen LogP contribution in [0.4, 0.5) is 23.0 Å². The van der Waals surface area contributed by atoms with Gasteiger partial charge in [-0.3, -0.25) is 4.72 Å². The number of fused-ring (bicyclic) bond motifs is 1. The third-order valence-corrected chi connectivity index (χ3v) is 8.89. The Hall–Kier alpha value is -4.14. The SMILES string of the molecule is CN1CCN(c2ccc(Nc3ncc4ccn(-c5ccc(C#N)c(NS(=O)(=O)C6CC6)c5)c4n3)cc2)CC1. The van der Waals surface area contributed by atoms with Gasteiger partial charge in [0.05, 0.1) is 16.5 Å². The first kappa shape index (κ1) is 24.2. The highest BCUT2D eigenvalue weighted by molar-refractivity contribution is 7.93. The third kappa shape index (κ3) is 4.88. The van der Waals surface area contributed by atoms with Gasteiger partial charge in [-0.2, -0.15) is 10.2 Å². The number of sulfonamides is 1. The maximum absolute atomic E-state index is 12.5. The van der Waals surface area contributed by atoms with Gasteiger partial charge in [0.15, 0.2) is 0 Å². The van der Waals surface area contributed by atoms with E-state index in [1.165, 1.54) is 5.69 Å². The molecule has 0 unspecified atom stereocenters. The second-order valence-corrected chi connectivity index (χ2v) is 11.8. The lowest BCUT2D eigenvalue weighted by atomic mass is 10.2. The Bertz CT molecular complexity index is 1630. The van der Waals surface area contributed by atoms with Crippen molar-refractivity contribution in [2.75, 3.05) is 48.2 Å². The van der Waals surface area contributed by atoms with Gasteiger partial charge in [-0.15, -0.1) is 0 Å². The molecule has 1 aliphatic carbocycles. The van der Waals surface area contributed by atoms with Crippen LogP contribution in [0.2, 0.25) is 0 Å². The summed E-state index contributed by atoms with van der Waals surface area (Å²) in [6.07, 6.45) is 4.89. The van der Waals surface area contributed by atoms with Crippen molar-refractivity contribution in [2.45, 2.75) is 18.1 Å². The molecule has 6 rings (SSSR count). The summed E-state index contributed by atoms with van der Waals surface area (Å²) in [5, 5.41) is 13.3. The van der Waals surface area contributed by atoms with Gasteiger partial charge >= 0.3 is 0 Å². The first-order valence-corrected chi connectivity index (χ1v) is 14.1. The van der Waals surface area contributed by atoms with Crippen LogP contribution in [0, 0.1) is 11.3 Å². The monoisotopic (exact) mass is 528 g/mol. The highest BCUT2D eigenvalue weighted by Crippen LogP contribution is 2.32. The third-order valence-electron chi connectivity index (χ3n) is 7.04. The number of aromatic nitrogens is 3. The van der Waals surface area contributed by atoms with E-state index < -0.39 is 10.0 Å². The van der Waals surface area contributed by atoms with Gasteiger partial charge in [-0.25, -0.2) is 13.4 Å². The van der Waals surface area contributed by atoms with Crippen molar-refractivity contribution < 1.29 is 8.42 Å². The maximum atomic E-state index is 12.5. The molecule has 2 fully saturated rings. The van der Waals surface area contributed by atoms with Crippen LogP contribution in [0.15, 0.2) is 60.9 Å². The van der Waals surface area contributed by atoms with Gasteiger partial charge in [0.25, 0.3) is 0 Å². The van der Waals surface area contributed by atoms with Gasteiger partial charge < -0.3 is 19.7 Å². The van der Waals surface area contributed by atoms with Gasteiger partial charge in [0.1, 0.15) is 11.7 Å². The number of nitrogens with one attached hydrogen (secondary N) is 2. The van der Waals surface area contributed by atoms with E-state index in [0.29, 0.717) is 30.1 Å². The minimum Gasteiger partial charge on any atom is -0.369 e. The first-order valence-electron chi connectivity index (χ1n) is 12.6. The zero-order valence-electron chi connectivity index (χ0n) is 21.0. The van der Waals surface area contributed by atoms with Crippen LogP contribution >= 0.6 is 0 Å². The fourth-order valence-electron chi connectivity index (χ4n) is 4.61. The highest BCUT2D eigenvalue weighted by Gasteiger charge is 2.36. The molecule has 2 N–H and O–H groups in total. The zero-order chi connectivity index (χ0) is 26.3. The van der Waals surface area contributed by atoms with Crippen molar-refractivity contribution in [3.8, 4) is 11.8 Å². The summed E-state index contributed by atoms with van der Waals surface area (Å²) in [6.45, 7) is 4.14. The van der Waals surface area contributed by atoms with E-state index in [1.807, 2.05) is 29.0 Å². The Balaban J connectivity index is 1.25. The average molecular weight is 529 g/mol. The summed E-state index contributed by atoms with van der Waals surface area (Å²) in [5.74, 6) is 0.452. The Kier molecular flexibility index (Phi) is 6.13. The number of piperazine rings is 1. The minimum atomic E-state index is -3.51. The Morgan fingerprint density at radius 2 is 1.74 bits per heavy atom. The summed E-state index contributed by atoms with van der Waals surface area (Å²) in [6, 6.07) is 17.3. The lowest BCUT2D eigenvalue weighted by Crippen LogP contribution is -2.44. The summed E-state index contributed by atoms with van der Waals surface area (Å²) in [7, 11) is -1.36. The molecule has 0 atom stereocenters. The fourth-order valence-corrected chi connectivity index (χ4v) is 6.01. The first-order chi connectivity index (χ1) is 18.4. The van der Waals surface area contributed by atoms with Crippen LogP contribution in [0.1, 0.15) is 18.4 Å². The summed E-state index contributed by atoms with van der Waals surface area (Å²) >= 11 is 0. The predicted octanol–water partition coefficient (Wildman–Crippen LogP) is 3.69. The molecule has 1 saturated carbocycles. The maximum Gasteiger partial charge on any atom is 0.235 e. The molecule has 0 bridgehead atoms. The molecule has 0 spiro atoms. The number of nitrogens with zero attached hydrogens (tertiary/aromatic N) is 6. The molecule has 0 radical (unpaired) electrons. The smallest absolute Gasteiger partial charge is 0.235 e. The Morgan fingerprint density at radius 3 is 2.45 bits per heavy atom. The van der Waals surface area contributed by atoms with Crippen LogP contribution in [-0.4, -0.2) is 66.3 Å². The van der Waals surface area contributed by atoms with Crippen molar-refractivity contribution in [3.63, 3.8) is 0 Å². The second-order valence-electron chi connectivity index (χ2n) is 9.81. The molecule has 3 heterocycles. The predicted molar refractivity (Wildman–Crippen MR) is 149 cm³/mol. The molecule has 194 valence electrons. The van der Waals surface area contributed by atoms with Crippen LogP contribution in [-0.2, 0) is 10.0 Å². The zero-order valence-corrected chi connectivity index (χ0v) is 21.8. The molecule has 4 aromatic rings. The van der Waals surface area contributed by atoms with Crippen molar-refractivity contribution in [1.82, 2.24) is 19.4 Å². The molecule has 1 aliphatic heterocycles. The summed E-state index contributed by atoms with van der Waals surface area (Å²) in [4.78, 5) is 13.9. The van der Waals surface area contributed by atoms with Gasteiger partial charge in [0, 0.05) is 61.0 Å². The molecule has 2 aromatic heterocycles. The normalized spacial score (nSPS) is 16.4. The molecule has 38 heavy (non-hydrogen) atoms. The van der Waals surface area contributed by atoms with E-state index in [9.17, 15) is 13.7 Å². The van der Waals surface area contributed by atoms with Gasteiger partial charge in [-0.1, -0.05) is 0 Å². The van der Waals surface area contributed by atoms with Crippen LogP contribution < -0.4 is 14.9 Å². The number of anilines is 4. The standard InChI is InChI=1S/C27H28N8O2S/c1-33-12-14-34(15-13-33)22-6-3-21(4-7-22)30-27-29-18-20-10-11-35(26(20)31-27)23-5-2-19(17-28)25(16-23)32-38(36,37)24-8-9-24/h2-7,10-11,16,18,24,32H,8-9,12-15H2,1H3,(H,29,30,31). The molecular formula is C27H28N8O2S. The van der Waals surface area contributed by atoms with E-state index in [-0.39, 0.29) is 16.5 Å².